The van der Waals surface area contributed by atoms with Crippen LogP contribution in [0.2, 0.25) is 0 Å². The van der Waals surface area contributed by atoms with Gasteiger partial charge in [-0.3, -0.25) is 24.8 Å². The van der Waals surface area contributed by atoms with Crippen molar-refractivity contribution in [1.82, 2.24) is 20.1 Å². The van der Waals surface area contributed by atoms with Crippen molar-refractivity contribution in [2.24, 2.45) is 4.99 Å². The number of amides is 1. The molecule has 0 saturated carbocycles. The first-order chi connectivity index (χ1) is 18.6. The summed E-state index contributed by atoms with van der Waals surface area (Å²) in [6.07, 6.45) is 7.64. The highest BCUT2D eigenvalue weighted by Crippen LogP contribution is 2.25. The van der Waals surface area contributed by atoms with Gasteiger partial charge in [0.1, 0.15) is 11.5 Å². The summed E-state index contributed by atoms with van der Waals surface area (Å²) < 4.78 is 5.95. The molecule has 192 valence electrons. The smallest absolute Gasteiger partial charge is 0.276 e. The molecule has 5 rings (SSSR count). The fourth-order valence-corrected chi connectivity index (χ4v) is 4.49. The Labute approximate surface area is 221 Å². The van der Waals surface area contributed by atoms with Gasteiger partial charge in [0.25, 0.3) is 5.91 Å². The maximum Gasteiger partial charge on any atom is 0.276 e. The number of ether oxygens (including phenoxy) is 1. The molecule has 4 aromatic rings. The molecule has 8 nitrogen and oxygen atoms in total. The van der Waals surface area contributed by atoms with Gasteiger partial charge in [-0.05, 0) is 93.2 Å². The number of fused-ring (bicyclic) bond motifs is 1. The van der Waals surface area contributed by atoms with Gasteiger partial charge in [-0.25, -0.2) is 0 Å². The number of carbonyl (C=O) groups excluding carboxylic acids is 1. The lowest BCUT2D eigenvalue weighted by Crippen LogP contribution is -2.19. The Morgan fingerprint density at radius 2 is 1.97 bits per heavy atom. The van der Waals surface area contributed by atoms with Crippen molar-refractivity contribution in [2.75, 3.05) is 18.4 Å². The van der Waals surface area contributed by atoms with Crippen LogP contribution >= 0.6 is 0 Å². The van der Waals surface area contributed by atoms with Crippen molar-refractivity contribution in [3.8, 4) is 5.75 Å². The van der Waals surface area contributed by atoms with Crippen LogP contribution in [0, 0.1) is 0 Å². The van der Waals surface area contributed by atoms with Crippen LogP contribution in [0.1, 0.15) is 41.5 Å². The summed E-state index contributed by atoms with van der Waals surface area (Å²) in [5, 5.41) is 10.9. The number of nitrogens with zero attached hydrogens (tertiary/aromatic N) is 4. The number of anilines is 1. The lowest BCUT2D eigenvalue weighted by atomic mass is 10.0. The van der Waals surface area contributed by atoms with Crippen LogP contribution in [0.15, 0.2) is 89.9 Å². The first-order valence-corrected chi connectivity index (χ1v) is 12.6. The third-order valence-corrected chi connectivity index (χ3v) is 6.46. The van der Waals surface area contributed by atoms with Gasteiger partial charge in [0.15, 0.2) is 5.69 Å². The molecule has 2 aromatic heterocycles. The number of allylic oxidation sites excluding steroid dienone is 2. The molecular formula is C30H30N6O2. The zero-order valence-electron chi connectivity index (χ0n) is 21.4. The van der Waals surface area contributed by atoms with Crippen molar-refractivity contribution in [3.05, 3.63) is 102 Å². The van der Waals surface area contributed by atoms with Crippen LogP contribution in [0.3, 0.4) is 0 Å². The molecule has 1 saturated heterocycles. The maximum atomic E-state index is 13.1. The molecule has 0 spiro atoms. The van der Waals surface area contributed by atoms with Crippen LogP contribution in [0.4, 0.5) is 5.69 Å². The first-order valence-electron chi connectivity index (χ1n) is 12.6. The summed E-state index contributed by atoms with van der Waals surface area (Å²) >= 11 is 0. The van der Waals surface area contributed by atoms with Crippen LogP contribution < -0.4 is 10.1 Å². The maximum absolute atomic E-state index is 13.1. The molecular weight excluding hydrogens is 476 g/mol. The molecule has 2 aromatic carbocycles. The number of carbonyl (C=O) groups is 1. The number of benzene rings is 2. The molecule has 0 unspecified atom stereocenters. The van der Waals surface area contributed by atoms with Crippen molar-refractivity contribution in [2.45, 2.75) is 26.3 Å². The van der Waals surface area contributed by atoms with Crippen molar-refractivity contribution in [3.63, 3.8) is 0 Å². The zero-order chi connectivity index (χ0) is 26.3. The van der Waals surface area contributed by atoms with Gasteiger partial charge >= 0.3 is 0 Å². The van der Waals surface area contributed by atoms with Gasteiger partial charge in [-0.1, -0.05) is 24.3 Å². The second-order valence-corrected chi connectivity index (χ2v) is 9.26. The van der Waals surface area contributed by atoms with E-state index >= 15 is 0 Å². The molecule has 1 aliphatic rings. The van der Waals surface area contributed by atoms with E-state index in [4.69, 9.17) is 4.74 Å². The van der Waals surface area contributed by atoms with Crippen LogP contribution in [-0.2, 0) is 6.54 Å². The molecule has 38 heavy (non-hydrogen) atoms. The Hall–Kier alpha value is -4.56. The van der Waals surface area contributed by atoms with Crippen molar-refractivity contribution < 1.29 is 9.53 Å². The van der Waals surface area contributed by atoms with E-state index in [0.29, 0.717) is 22.9 Å². The molecule has 8 heteroatoms. The number of aromatic amines is 1. The monoisotopic (exact) mass is 506 g/mol. The van der Waals surface area contributed by atoms with E-state index in [2.05, 4.69) is 37.1 Å². The Morgan fingerprint density at radius 3 is 2.71 bits per heavy atom. The zero-order valence-corrected chi connectivity index (χ0v) is 21.4. The number of nitrogens with one attached hydrogen (secondary N) is 2. The number of likely N-dealkylation sites (tertiary alicyclic amines) is 1. The number of aliphatic imine (C=N–C) groups is 1. The molecule has 1 amide bonds. The summed E-state index contributed by atoms with van der Waals surface area (Å²) in [7, 11) is 0. The lowest BCUT2D eigenvalue weighted by Gasteiger charge is -2.13. The third kappa shape index (κ3) is 6.04. The van der Waals surface area contributed by atoms with Crippen LogP contribution in [0.5, 0.6) is 5.75 Å². The Bertz CT molecular complexity index is 1480. The Morgan fingerprint density at radius 1 is 1.16 bits per heavy atom. The van der Waals surface area contributed by atoms with Gasteiger partial charge < -0.3 is 10.1 Å². The van der Waals surface area contributed by atoms with Gasteiger partial charge in [-0.2, -0.15) is 5.10 Å². The van der Waals surface area contributed by atoms with Gasteiger partial charge in [0, 0.05) is 11.9 Å². The lowest BCUT2D eigenvalue weighted by molar-refractivity contribution is 0.102. The molecule has 0 radical (unpaired) electrons. The Balaban J connectivity index is 1.32. The minimum atomic E-state index is -0.298. The predicted molar refractivity (Wildman–Crippen MR) is 151 cm³/mol. The quantitative estimate of drug-likeness (QED) is 0.169. The number of H-pyrrole nitrogens is 1. The minimum absolute atomic E-state index is 0.298. The number of rotatable bonds is 9. The second-order valence-electron chi connectivity index (χ2n) is 9.26. The predicted octanol–water partition coefficient (Wildman–Crippen LogP) is 5.83. The largest absolute Gasteiger partial charge is 0.456 e. The number of para-hydroxylation sites is 1. The van der Waals surface area contributed by atoms with Crippen molar-refractivity contribution in [1.29, 1.82) is 0 Å². The standard InChI is InChI=1S/C30H30N6O2/c1-21(16-26(19-31-2)38-25-8-4-3-5-9-25)22-10-13-28-27(17-22)29(35-34-28)30(37)33-23-11-12-24(32-18-23)20-36-14-6-7-15-36/h3-5,8-13,16-19H,2,6-7,14-15,20H2,1H3,(H,33,37)(H,34,35)/b21-16+,26-19+. The number of aromatic nitrogens is 3. The third-order valence-electron chi connectivity index (χ3n) is 6.46. The average Bonchev–Trinajstić information content (AvgIpc) is 3.60. The fourth-order valence-electron chi connectivity index (χ4n) is 4.49. The summed E-state index contributed by atoms with van der Waals surface area (Å²) in [6.45, 7) is 8.59. The SMILES string of the molecule is C=N/C=C(\C=C(/C)c1ccc2[nH]nc(C(=O)Nc3ccc(CN4CCCC4)nc3)c2c1)Oc1ccccc1. The minimum Gasteiger partial charge on any atom is -0.456 e. The summed E-state index contributed by atoms with van der Waals surface area (Å²) in [6, 6.07) is 19.2. The van der Waals surface area contributed by atoms with E-state index in [1.165, 1.54) is 12.8 Å². The normalized spacial score (nSPS) is 14.6. The molecule has 0 bridgehead atoms. The topological polar surface area (TPSA) is 95.5 Å². The van der Waals surface area contributed by atoms with E-state index in [1.807, 2.05) is 73.7 Å². The van der Waals surface area contributed by atoms with E-state index < -0.39 is 0 Å². The summed E-state index contributed by atoms with van der Waals surface area (Å²) in [5.74, 6) is 0.955. The summed E-state index contributed by atoms with van der Waals surface area (Å²) in [5.41, 5.74) is 4.58. The fraction of sp³-hybridized carbons (Fsp3) is 0.200. The van der Waals surface area contributed by atoms with E-state index in [9.17, 15) is 4.79 Å². The van der Waals surface area contributed by atoms with Gasteiger partial charge in [0.05, 0.1) is 29.3 Å². The molecule has 0 atom stereocenters. The highest BCUT2D eigenvalue weighted by atomic mass is 16.5. The number of pyridine rings is 1. The van der Waals surface area contributed by atoms with Crippen molar-refractivity contribution >= 4 is 34.8 Å². The van der Waals surface area contributed by atoms with Gasteiger partial charge in [-0.15, -0.1) is 0 Å². The van der Waals surface area contributed by atoms with E-state index in [-0.39, 0.29) is 5.91 Å². The van der Waals surface area contributed by atoms with Crippen LogP contribution in [-0.4, -0.2) is 45.8 Å². The number of hydrogen-bond donors (Lipinski definition) is 2. The molecule has 3 heterocycles. The number of hydrogen-bond acceptors (Lipinski definition) is 6. The highest BCUT2D eigenvalue weighted by Gasteiger charge is 2.16. The highest BCUT2D eigenvalue weighted by molar-refractivity contribution is 6.11. The molecule has 2 N–H and O–H groups in total. The Kier molecular flexibility index (Phi) is 7.70. The van der Waals surface area contributed by atoms with E-state index in [0.717, 1.165) is 47.4 Å². The second kappa shape index (κ2) is 11.7. The van der Waals surface area contributed by atoms with Crippen LogP contribution in [0.25, 0.3) is 16.5 Å². The molecule has 0 aliphatic carbocycles. The van der Waals surface area contributed by atoms with E-state index in [1.54, 1.807) is 12.4 Å². The van der Waals surface area contributed by atoms with Gasteiger partial charge in [0.2, 0.25) is 0 Å². The molecule has 1 aliphatic heterocycles. The first kappa shape index (κ1) is 25.1. The summed E-state index contributed by atoms with van der Waals surface area (Å²) in [4.78, 5) is 23.9. The molecule has 1 fully saturated rings. The average molecular weight is 507 g/mol.